The van der Waals surface area contributed by atoms with Crippen molar-refractivity contribution in [2.24, 2.45) is 17.7 Å². The molecule has 3 unspecified atom stereocenters. The average Bonchev–Trinajstić information content (AvgIpc) is 2.41. The number of hydrogen-bond donors (Lipinski definition) is 3. The molecule has 1 aromatic carbocycles. The highest BCUT2D eigenvalue weighted by Crippen LogP contribution is 2.29. The number of nitrogens with one attached hydrogen (secondary N) is 2. The Kier molecular flexibility index (Phi) is 4.60. The van der Waals surface area contributed by atoms with Crippen LogP contribution < -0.4 is 16.6 Å². The number of rotatable bonds is 3. The Balaban J connectivity index is 2.11. The number of nitrogens with two attached hydrogens (primary N) is 1. The van der Waals surface area contributed by atoms with Gasteiger partial charge < -0.3 is 10.7 Å². The van der Waals surface area contributed by atoms with Crippen LogP contribution in [0, 0.1) is 17.7 Å². The van der Waals surface area contributed by atoms with E-state index in [-0.39, 0.29) is 23.2 Å². The van der Waals surface area contributed by atoms with Crippen LogP contribution >= 0.6 is 0 Å². The molecule has 1 amide bonds. The number of amides is 1. The first-order valence-electron chi connectivity index (χ1n) is 7.09. The van der Waals surface area contributed by atoms with Gasteiger partial charge in [-0.1, -0.05) is 19.9 Å². The fraction of sp³-hybridized carbons (Fsp3) is 0.533. The summed E-state index contributed by atoms with van der Waals surface area (Å²) in [5.41, 5.74) is 2.56. The number of para-hydroxylation sites is 1. The van der Waals surface area contributed by atoms with Gasteiger partial charge in [-0.15, -0.1) is 0 Å². The van der Waals surface area contributed by atoms with Crippen molar-refractivity contribution in [2.45, 2.75) is 39.2 Å². The summed E-state index contributed by atoms with van der Waals surface area (Å²) in [7, 11) is 0. The molecule has 2 rings (SSSR count). The highest BCUT2D eigenvalue weighted by atomic mass is 19.1. The summed E-state index contributed by atoms with van der Waals surface area (Å²) >= 11 is 0. The molecule has 0 spiro atoms. The zero-order valence-electron chi connectivity index (χ0n) is 11.9. The van der Waals surface area contributed by atoms with Crippen LogP contribution in [0.4, 0.5) is 10.1 Å². The molecular weight excluding hydrogens is 257 g/mol. The van der Waals surface area contributed by atoms with E-state index in [1.54, 1.807) is 6.07 Å². The predicted octanol–water partition coefficient (Wildman–Crippen LogP) is 2.67. The van der Waals surface area contributed by atoms with Crippen molar-refractivity contribution in [1.82, 2.24) is 5.32 Å². The molecule has 1 saturated carbocycles. The minimum absolute atomic E-state index is 0.0434. The van der Waals surface area contributed by atoms with Crippen LogP contribution in [0.25, 0.3) is 0 Å². The maximum atomic E-state index is 13.6. The van der Waals surface area contributed by atoms with Gasteiger partial charge in [-0.3, -0.25) is 10.6 Å². The number of carbonyl (C=O) groups is 1. The maximum Gasteiger partial charge on any atom is 0.253 e. The van der Waals surface area contributed by atoms with E-state index in [1.807, 2.05) is 0 Å². The summed E-state index contributed by atoms with van der Waals surface area (Å²) in [4.78, 5) is 12.3. The maximum absolute atomic E-state index is 13.6. The topological polar surface area (TPSA) is 67.2 Å². The second kappa shape index (κ2) is 6.22. The lowest BCUT2D eigenvalue weighted by Crippen LogP contribution is -2.42. The van der Waals surface area contributed by atoms with E-state index in [2.05, 4.69) is 24.6 Å². The molecule has 0 aliphatic heterocycles. The van der Waals surface area contributed by atoms with Crippen molar-refractivity contribution in [3.63, 3.8) is 0 Å². The van der Waals surface area contributed by atoms with Crippen LogP contribution in [-0.4, -0.2) is 11.9 Å². The Morgan fingerprint density at radius 1 is 1.35 bits per heavy atom. The van der Waals surface area contributed by atoms with Gasteiger partial charge in [-0.25, -0.2) is 4.39 Å². The van der Waals surface area contributed by atoms with Gasteiger partial charge >= 0.3 is 0 Å². The number of anilines is 1. The number of hydrazine groups is 1. The quantitative estimate of drug-likeness (QED) is 0.588. The smallest absolute Gasteiger partial charge is 0.253 e. The van der Waals surface area contributed by atoms with Crippen LogP contribution in [0.3, 0.4) is 0 Å². The molecule has 0 radical (unpaired) electrons. The summed E-state index contributed by atoms with van der Waals surface area (Å²) in [6.45, 7) is 4.38. The summed E-state index contributed by atoms with van der Waals surface area (Å²) in [6, 6.07) is 4.51. The zero-order chi connectivity index (χ0) is 14.7. The summed E-state index contributed by atoms with van der Waals surface area (Å²) < 4.78 is 13.6. The van der Waals surface area contributed by atoms with Gasteiger partial charge in [-0.05, 0) is 43.2 Å². The molecule has 1 fully saturated rings. The third-order valence-electron chi connectivity index (χ3n) is 4.15. The molecule has 3 atom stereocenters. The lowest BCUT2D eigenvalue weighted by molar-refractivity contribution is 0.0900. The van der Waals surface area contributed by atoms with Crippen molar-refractivity contribution in [3.8, 4) is 0 Å². The highest BCUT2D eigenvalue weighted by molar-refractivity contribution is 5.99. The second-order valence-electron chi connectivity index (χ2n) is 5.78. The second-order valence-corrected chi connectivity index (χ2v) is 5.78. The molecule has 110 valence electrons. The Morgan fingerprint density at radius 3 is 2.75 bits per heavy atom. The summed E-state index contributed by atoms with van der Waals surface area (Å²) in [5, 5.41) is 3.01. The number of carbonyl (C=O) groups excluding carboxylic acids is 1. The van der Waals surface area contributed by atoms with Crippen molar-refractivity contribution < 1.29 is 9.18 Å². The van der Waals surface area contributed by atoms with E-state index in [4.69, 9.17) is 5.84 Å². The van der Waals surface area contributed by atoms with E-state index in [0.29, 0.717) is 11.8 Å². The molecular formula is C15H22FN3O. The lowest BCUT2D eigenvalue weighted by Gasteiger charge is -2.33. The van der Waals surface area contributed by atoms with Crippen molar-refractivity contribution >= 4 is 11.6 Å². The molecule has 1 aromatic rings. The molecule has 20 heavy (non-hydrogen) atoms. The van der Waals surface area contributed by atoms with Crippen molar-refractivity contribution in [3.05, 3.63) is 29.6 Å². The molecule has 5 heteroatoms. The average molecular weight is 279 g/mol. The highest BCUT2D eigenvalue weighted by Gasteiger charge is 2.27. The Hall–Kier alpha value is -1.62. The number of hydrogen-bond acceptors (Lipinski definition) is 3. The van der Waals surface area contributed by atoms with Gasteiger partial charge in [0.2, 0.25) is 0 Å². The first-order chi connectivity index (χ1) is 9.52. The monoisotopic (exact) mass is 279 g/mol. The first kappa shape index (κ1) is 14.8. The van der Waals surface area contributed by atoms with E-state index >= 15 is 0 Å². The van der Waals surface area contributed by atoms with Gasteiger partial charge in [0.1, 0.15) is 5.82 Å². The zero-order valence-corrected chi connectivity index (χ0v) is 11.9. The van der Waals surface area contributed by atoms with Crippen LogP contribution in [-0.2, 0) is 0 Å². The standard InChI is InChI=1S/C15H22FN3O/c1-9-6-7-13(10(2)8-9)18-15(20)11-4-3-5-12(16)14(11)19-17/h3-5,9-10,13,19H,6-8,17H2,1-2H3,(H,18,20). The van der Waals surface area contributed by atoms with Crippen molar-refractivity contribution in [1.29, 1.82) is 0 Å². The van der Waals surface area contributed by atoms with E-state index in [0.717, 1.165) is 19.3 Å². The lowest BCUT2D eigenvalue weighted by atomic mass is 9.80. The number of nitrogen functional groups attached to an aromatic ring is 1. The Bertz CT molecular complexity index is 492. The Morgan fingerprint density at radius 2 is 2.10 bits per heavy atom. The fourth-order valence-corrected chi connectivity index (χ4v) is 2.99. The minimum Gasteiger partial charge on any atom is -0.349 e. The molecule has 0 saturated heterocycles. The van der Waals surface area contributed by atoms with Gasteiger partial charge in [-0.2, -0.15) is 0 Å². The molecule has 4 N–H and O–H groups in total. The SMILES string of the molecule is CC1CCC(NC(=O)c2cccc(F)c2NN)C(C)C1. The molecule has 4 nitrogen and oxygen atoms in total. The Labute approximate surface area is 118 Å². The predicted molar refractivity (Wildman–Crippen MR) is 77.6 cm³/mol. The minimum atomic E-state index is -0.523. The van der Waals surface area contributed by atoms with E-state index < -0.39 is 5.82 Å². The van der Waals surface area contributed by atoms with E-state index in [9.17, 15) is 9.18 Å². The number of benzene rings is 1. The van der Waals surface area contributed by atoms with Gasteiger partial charge in [0.15, 0.2) is 0 Å². The summed E-state index contributed by atoms with van der Waals surface area (Å²) in [6.07, 6.45) is 3.19. The van der Waals surface area contributed by atoms with Crippen LogP contribution in [0.2, 0.25) is 0 Å². The van der Waals surface area contributed by atoms with Crippen LogP contribution in [0.5, 0.6) is 0 Å². The van der Waals surface area contributed by atoms with Crippen LogP contribution in [0.1, 0.15) is 43.5 Å². The first-order valence-corrected chi connectivity index (χ1v) is 7.09. The number of halogens is 1. The molecule has 1 aliphatic carbocycles. The molecule has 0 aromatic heterocycles. The molecule has 1 aliphatic rings. The van der Waals surface area contributed by atoms with Gasteiger partial charge in [0.05, 0.1) is 11.3 Å². The van der Waals surface area contributed by atoms with E-state index in [1.165, 1.54) is 12.1 Å². The van der Waals surface area contributed by atoms with Gasteiger partial charge in [0.25, 0.3) is 5.91 Å². The third-order valence-corrected chi connectivity index (χ3v) is 4.15. The van der Waals surface area contributed by atoms with Crippen molar-refractivity contribution in [2.75, 3.05) is 5.43 Å². The molecule has 0 bridgehead atoms. The fourth-order valence-electron chi connectivity index (χ4n) is 2.99. The van der Waals surface area contributed by atoms with Gasteiger partial charge in [0, 0.05) is 6.04 Å². The molecule has 0 heterocycles. The van der Waals surface area contributed by atoms with Crippen LogP contribution in [0.15, 0.2) is 18.2 Å². The summed E-state index contributed by atoms with van der Waals surface area (Å²) in [5.74, 6) is 5.64. The normalized spacial score (nSPS) is 26.1. The largest absolute Gasteiger partial charge is 0.349 e. The third kappa shape index (κ3) is 3.10.